The van der Waals surface area contributed by atoms with Crippen molar-refractivity contribution < 1.29 is 9.53 Å². The third kappa shape index (κ3) is 2.80. The minimum Gasteiger partial charge on any atom is -0.434 e. The second-order valence-corrected chi connectivity index (χ2v) is 6.47. The maximum Gasteiger partial charge on any atom is 0.304 e. The molecule has 4 rings (SSSR count). The average molecular weight is 366 g/mol. The maximum atomic E-state index is 11.7. The van der Waals surface area contributed by atoms with Gasteiger partial charge in [-0.1, -0.05) is 41.9 Å². The molecule has 0 bridgehead atoms. The monoisotopic (exact) mass is 365 g/mol. The second-order valence-electron chi connectivity index (χ2n) is 6.03. The van der Waals surface area contributed by atoms with Crippen molar-refractivity contribution in [1.82, 2.24) is 9.55 Å². The lowest BCUT2D eigenvalue weighted by Gasteiger charge is -2.14. The van der Waals surface area contributed by atoms with Gasteiger partial charge >= 0.3 is 5.97 Å². The Morgan fingerprint density at radius 3 is 2.69 bits per heavy atom. The molecule has 26 heavy (non-hydrogen) atoms. The predicted octanol–water partition coefficient (Wildman–Crippen LogP) is 4.25. The van der Waals surface area contributed by atoms with E-state index in [-0.39, 0.29) is 0 Å². The zero-order valence-corrected chi connectivity index (χ0v) is 15.1. The van der Waals surface area contributed by atoms with Crippen LogP contribution in [0.15, 0.2) is 59.7 Å². The van der Waals surface area contributed by atoms with Gasteiger partial charge in [0.05, 0.1) is 17.6 Å². The number of hydrogen-bond acceptors (Lipinski definition) is 4. The first-order chi connectivity index (χ1) is 12.5. The Hall–Kier alpha value is -2.92. The summed E-state index contributed by atoms with van der Waals surface area (Å²) in [7, 11) is 0. The Kier molecular flexibility index (Phi) is 4.09. The number of aromatic nitrogens is 2. The van der Waals surface area contributed by atoms with Gasteiger partial charge in [0.2, 0.25) is 6.23 Å². The lowest BCUT2D eigenvalue weighted by Crippen LogP contribution is -2.11. The molecule has 3 aromatic rings. The van der Waals surface area contributed by atoms with E-state index in [4.69, 9.17) is 21.3 Å². The van der Waals surface area contributed by atoms with Crippen LogP contribution in [0.2, 0.25) is 5.02 Å². The zero-order chi connectivity index (χ0) is 18.3. The molecule has 0 saturated heterocycles. The van der Waals surface area contributed by atoms with Crippen molar-refractivity contribution in [3.63, 3.8) is 0 Å². The molecular weight excluding hydrogens is 350 g/mol. The summed E-state index contributed by atoms with van der Waals surface area (Å²) < 4.78 is 7.46. The molecule has 0 aliphatic carbocycles. The van der Waals surface area contributed by atoms with Gasteiger partial charge < -0.3 is 4.74 Å². The highest BCUT2D eigenvalue weighted by atomic mass is 35.5. The summed E-state index contributed by atoms with van der Waals surface area (Å²) in [4.78, 5) is 20.8. The number of aryl methyl sites for hydroxylation is 1. The largest absolute Gasteiger partial charge is 0.434 e. The van der Waals surface area contributed by atoms with Crippen molar-refractivity contribution in [1.29, 1.82) is 0 Å². The Balaban J connectivity index is 2.04. The molecule has 0 spiro atoms. The van der Waals surface area contributed by atoms with Crippen molar-refractivity contribution in [2.24, 2.45) is 4.99 Å². The number of hydrogen-bond donors (Lipinski definition) is 0. The molecule has 2 aromatic carbocycles. The molecule has 5 nitrogen and oxygen atoms in total. The first-order valence-corrected chi connectivity index (χ1v) is 8.57. The van der Waals surface area contributed by atoms with Gasteiger partial charge in [-0.2, -0.15) is 0 Å². The lowest BCUT2D eigenvalue weighted by molar-refractivity contribution is -0.146. The molecule has 0 fully saturated rings. The normalized spacial score (nSPS) is 15.5. The molecule has 1 aromatic heterocycles. The maximum absolute atomic E-state index is 11.7. The van der Waals surface area contributed by atoms with Gasteiger partial charge in [0.25, 0.3) is 0 Å². The van der Waals surface area contributed by atoms with Gasteiger partial charge in [-0.3, -0.25) is 9.36 Å². The number of ether oxygens (including phenoxy) is 1. The minimum absolute atomic E-state index is 0.402. The summed E-state index contributed by atoms with van der Waals surface area (Å²) in [6, 6.07) is 15.4. The number of fused-ring (bicyclic) bond motifs is 3. The van der Waals surface area contributed by atoms with Gasteiger partial charge in [0, 0.05) is 23.1 Å². The van der Waals surface area contributed by atoms with E-state index < -0.39 is 12.2 Å². The van der Waals surface area contributed by atoms with Gasteiger partial charge in [-0.15, -0.1) is 0 Å². The number of carbonyl (C=O) groups is 1. The number of carbonyl (C=O) groups excluding carboxylic acids is 1. The Morgan fingerprint density at radius 1 is 1.19 bits per heavy atom. The van der Waals surface area contributed by atoms with E-state index >= 15 is 0 Å². The number of imidazole rings is 1. The number of esters is 1. The summed E-state index contributed by atoms with van der Waals surface area (Å²) in [5.41, 5.74) is 4.10. The summed E-state index contributed by atoms with van der Waals surface area (Å²) in [5, 5.41) is 0.609. The molecular formula is C20H16ClN3O2. The van der Waals surface area contributed by atoms with Crippen LogP contribution in [0.1, 0.15) is 35.8 Å². The fraction of sp³-hybridized carbons (Fsp3) is 0.150. The number of halogens is 1. The van der Waals surface area contributed by atoms with Crippen molar-refractivity contribution in [3.8, 4) is 5.69 Å². The van der Waals surface area contributed by atoms with Gasteiger partial charge in [-0.05, 0) is 25.1 Å². The number of rotatable bonds is 2. The lowest BCUT2D eigenvalue weighted by atomic mass is 10.0. The predicted molar refractivity (Wildman–Crippen MR) is 99.9 cm³/mol. The quantitative estimate of drug-likeness (QED) is 0.638. The van der Waals surface area contributed by atoms with E-state index in [9.17, 15) is 4.79 Å². The van der Waals surface area contributed by atoms with Gasteiger partial charge in [0.15, 0.2) is 0 Å². The first-order valence-electron chi connectivity index (χ1n) is 8.19. The van der Waals surface area contributed by atoms with E-state index in [1.165, 1.54) is 6.92 Å². The second kappa shape index (κ2) is 6.42. The summed E-state index contributed by atoms with van der Waals surface area (Å²) in [5.74, 6) is 0.380. The number of aliphatic imine (C=N–C) groups is 1. The highest BCUT2D eigenvalue weighted by Gasteiger charge is 2.28. The van der Waals surface area contributed by atoms with Crippen LogP contribution in [0.25, 0.3) is 5.69 Å². The third-order valence-corrected chi connectivity index (χ3v) is 4.48. The molecule has 1 unspecified atom stereocenters. The van der Waals surface area contributed by atoms with E-state index in [0.717, 1.165) is 28.4 Å². The summed E-state index contributed by atoms with van der Waals surface area (Å²) >= 11 is 6.28. The zero-order valence-electron chi connectivity index (χ0n) is 14.3. The van der Waals surface area contributed by atoms with Crippen molar-refractivity contribution in [2.45, 2.75) is 20.1 Å². The molecule has 6 heteroatoms. The van der Waals surface area contributed by atoms with E-state index in [1.807, 2.05) is 60.0 Å². The SMILES string of the molecule is CC(=O)OC1N=C(c2ccccc2)c2cc(Cl)ccc2-n2c1cnc2C. The average Bonchev–Trinajstić information content (AvgIpc) is 2.94. The molecule has 1 aliphatic rings. The molecule has 1 atom stereocenters. The van der Waals surface area contributed by atoms with Crippen LogP contribution in [0.5, 0.6) is 0 Å². The fourth-order valence-corrected chi connectivity index (χ4v) is 3.34. The minimum atomic E-state index is -0.782. The molecule has 0 N–H and O–H groups in total. The van der Waals surface area contributed by atoms with Crippen LogP contribution >= 0.6 is 11.6 Å². The topological polar surface area (TPSA) is 56.5 Å². The summed E-state index contributed by atoms with van der Waals surface area (Å²) in [6.45, 7) is 3.28. The van der Waals surface area contributed by atoms with Crippen molar-refractivity contribution in [3.05, 3.63) is 82.4 Å². The van der Waals surface area contributed by atoms with Gasteiger partial charge in [0.1, 0.15) is 11.5 Å². The Labute approximate surface area is 155 Å². The van der Waals surface area contributed by atoms with E-state index in [1.54, 1.807) is 6.20 Å². The Bertz CT molecular complexity index is 1020. The fourth-order valence-electron chi connectivity index (χ4n) is 3.17. The van der Waals surface area contributed by atoms with Gasteiger partial charge in [-0.25, -0.2) is 9.98 Å². The van der Waals surface area contributed by atoms with Crippen molar-refractivity contribution >= 4 is 23.3 Å². The molecule has 1 aliphatic heterocycles. The Morgan fingerprint density at radius 2 is 1.96 bits per heavy atom. The van der Waals surface area contributed by atoms with Crippen molar-refractivity contribution in [2.75, 3.05) is 0 Å². The molecule has 2 heterocycles. The van der Waals surface area contributed by atoms with Crippen LogP contribution in [0.4, 0.5) is 0 Å². The molecule has 0 amide bonds. The smallest absolute Gasteiger partial charge is 0.304 e. The van der Waals surface area contributed by atoms with Crippen LogP contribution in [-0.4, -0.2) is 21.2 Å². The van der Waals surface area contributed by atoms with Crippen LogP contribution in [0.3, 0.4) is 0 Å². The highest BCUT2D eigenvalue weighted by molar-refractivity contribution is 6.31. The third-order valence-electron chi connectivity index (χ3n) is 4.24. The highest BCUT2D eigenvalue weighted by Crippen LogP contribution is 2.33. The van der Waals surface area contributed by atoms with E-state index in [2.05, 4.69) is 4.98 Å². The molecule has 0 saturated carbocycles. The summed E-state index contributed by atoms with van der Waals surface area (Å²) in [6.07, 6.45) is 0.911. The molecule has 130 valence electrons. The van der Waals surface area contributed by atoms with Crippen LogP contribution in [-0.2, 0) is 9.53 Å². The van der Waals surface area contributed by atoms with E-state index in [0.29, 0.717) is 10.7 Å². The standard InChI is InChI=1S/C20H16ClN3O2/c1-12-22-11-18-20(26-13(2)25)23-19(14-6-4-3-5-7-14)16-10-15(21)8-9-17(16)24(12)18/h3-11,20H,1-2H3. The van der Waals surface area contributed by atoms with Crippen LogP contribution in [0, 0.1) is 6.92 Å². The molecule has 0 radical (unpaired) electrons. The number of nitrogens with zero attached hydrogens (tertiary/aromatic N) is 3. The first kappa shape index (κ1) is 16.5. The number of benzene rings is 2. The van der Waals surface area contributed by atoms with Crippen LogP contribution < -0.4 is 0 Å².